The smallest absolute Gasteiger partial charge is 0.135 e. The molecule has 0 atom stereocenters. The summed E-state index contributed by atoms with van der Waals surface area (Å²) >= 11 is 0. The van der Waals surface area contributed by atoms with Crippen LogP contribution in [0, 0.1) is 0 Å². The van der Waals surface area contributed by atoms with E-state index in [1.807, 2.05) is 24.3 Å². The van der Waals surface area contributed by atoms with Crippen LogP contribution in [-0.2, 0) is 0 Å². The zero-order valence-corrected chi connectivity index (χ0v) is 19.6. The quantitative estimate of drug-likeness (QED) is 0.282. The lowest BCUT2D eigenvalue weighted by molar-refractivity contribution is 0.669. The van der Waals surface area contributed by atoms with E-state index in [0.717, 1.165) is 33.3 Å². The van der Waals surface area contributed by atoms with E-state index in [4.69, 9.17) is 4.42 Å². The van der Waals surface area contributed by atoms with Crippen molar-refractivity contribution in [3.05, 3.63) is 133 Å². The summed E-state index contributed by atoms with van der Waals surface area (Å²) in [4.78, 5) is 0. The molecular formula is C34H23NO. The minimum absolute atomic E-state index is 0.906. The number of benzene rings is 6. The number of hydrogen-bond acceptors (Lipinski definition) is 2. The fourth-order valence-corrected chi connectivity index (χ4v) is 5.06. The molecule has 0 aliphatic carbocycles. The molecule has 0 bridgehead atoms. The Morgan fingerprint density at radius 2 is 1.11 bits per heavy atom. The van der Waals surface area contributed by atoms with E-state index in [0.29, 0.717) is 0 Å². The molecule has 0 fully saturated rings. The molecule has 7 rings (SSSR count). The predicted octanol–water partition coefficient (Wildman–Crippen LogP) is 9.82. The third-order valence-corrected chi connectivity index (χ3v) is 6.85. The third-order valence-electron chi connectivity index (χ3n) is 6.85. The van der Waals surface area contributed by atoms with Crippen LogP contribution in [0.15, 0.2) is 138 Å². The highest BCUT2D eigenvalue weighted by atomic mass is 16.3. The van der Waals surface area contributed by atoms with E-state index in [9.17, 15) is 0 Å². The maximum Gasteiger partial charge on any atom is 0.135 e. The summed E-state index contributed by atoms with van der Waals surface area (Å²) in [6, 6.07) is 46.9. The fourth-order valence-electron chi connectivity index (χ4n) is 5.06. The van der Waals surface area contributed by atoms with Gasteiger partial charge in [0.25, 0.3) is 0 Å². The molecule has 0 saturated heterocycles. The van der Waals surface area contributed by atoms with Crippen molar-refractivity contribution >= 4 is 44.1 Å². The van der Waals surface area contributed by atoms with Crippen LogP contribution in [0.4, 0.5) is 11.4 Å². The minimum Gasteiger partial charge on any atom is -0.456 e. The van der Waals surface area contributed by atoms with Crippen molar-refractivity contribution in [2.45, 2.75) is 0 Å². The summed E-state index contributed by atoms with van der Waals surface area (Å²) < 4.78 is 5.96. The Kier molecular flexibility index (Phi) is 4.82. The largest absolute Gasteiger partial charge is 0.456 e. The molecule has 0 spiro atoms. The van der Waals surface area contributed by atoms with Gasteiger partial charge < -0.3 is 9.73 Å². The van der Waals surface area contributed by atoms with Gasteiger partial charge in [-0.05, 0) is 75.5 Å². The molecule has 7 aromatic rings. The van der Waals surface area contributed by atoms with Crippen LogP contribution in [0.1, 0.15) is 0 Å². The Morgan fingerprint density at radius 3 is 2.03 bits per heavy atom. The van der Waals surface area contributed by atoms with Crippen LogP contribution < -0.4 is 5.32 Å². The van der Waals surface area contributed by atoms with Crippen LogP contribution in [-0.4, -0.2) is 0 Å². The highest BCUT2D eigenvalue weighted by molar-refractivity contribution is 6.06. The first-order valence-corrected chi connectivity index (χ1v) is 12.2. The first-order valence-electron chi connectivity index (χ1n) is 12.2. The summed E-state index contributed by atoms with van der Waals surface area (Å²) in [6.07, 6.45) is 0. The van der Waals surface area contributed by atoms with Gasteiger partial charge in [-0.2, -0.15) is 0 Å². The van der Waals surface area contributed by atoms with E-state index in [1.165, 1.54) is 33.0 Å². The standard InChI is InChI=1S/C34H23NO/c1-2-11-29-24(7-1)8-6-13-30(29)26-10-5-9-25(21-26)23-15-17-27(18-16-23)35-28-19-20-34-32(22-28)31-12-3-4-14-33(31)36-34/h1-22,35H. The number of fused-ring (bicyclic) bond motifs is 4. The normalized spacial score (nSPS) is 11.3. The van der Waals surface area contributed by atoms with Crippen LogP contribution in [0.25, 0.3) is 55.0 Å². The molecule has 170 valence electrons. The van der Waals surface area contributed by atoms with Gasteiger partial charge in [-0.1, -0.05) is 91.0 Å². The molecule has 0 radical (unpaired) electrons. The van der Waals surface area contributed by atoms with Gasteiger partial charge in [0, 0.05) is 22.1 Å². The van der Waals surface area contributed by atoms with Crippen molar-refractivity contribution in [1.29, 1.82) is 0 Å². The maximum absolute atomic E-state index is 5.96. The topological polar surface area (TPSA) is 25.2 Å². The SMILES string of the molecule is c1cc(-c2ccc(Nc3ccc4oc5ccccc5c4c3)cc2)cc(-c2cccc3ccccc23)c1. The van der Waals surface area contributed by atoms with Crippen molar-refractivity contribution in [1.82, 2.24) is 0 Å². The lowest BCUT2D eigenvalue weighted by Gasteiger charge is -2.11. The maximum atomic E-state index is 5.96. The minimum atomic E-state index is 0.906. The van der Waals surface area contributed by atoms with E-state index in [1.54, 1.807) is 0 Å². The van der Waals surface area contributed by atoms with Gasteiger partial charge >= 0.3 is 0 Å². The number of hydrogen-bond donors (Lipinski definition) is 1. The molecule has 0 saturated carbocycles. The van der Waals surface area contributed by atoms with Gasteiger partial charge in [-0.3, -0.25) is 0 Å². The van der Waals surface area contributed by atoms with Crippen LogP contribution in [0.3, 0.4) is 0 Å². The monoisotopic (exact) mass is 461 g/mol. The second-order valence-corrected chi connectivity index (χ2v) is 9.12. The van der Waals surface area contributed by atoms with Gasteiger partial charge in [-0.15, -0.1) is 0 Å². The molecular weight excluding hydrogens is 438 g/mol. The number of rotatable bonds is 4. The van der Waals surface area contributed by atoms with Crippen LogP contribution >= 0.6 is 0 Å². The number of nitrogens with one attached hydrogen (secondary N) is 1. The van der Waals surface area contributed by atoms with Gasteiger partial charge in [0.15, 0.2) is 0 Å². The average molecular weight is 462 g/mol. The van der Waals surface area contributed by atoms with Gasteiger partial charge in [0.2, 0.25) is 0 Å². The number of furan rings is 1. The van der Waals surface area contributed by atoms with Crippen molar-refractivity contribution in [2.75, 3.05) is 5.32 Å². The lowest BCUT2D eigenvalue weighted by atomic mass is 9.95. The molecule has 2 heteroatoms. The molecule has 1 heterocycles. The zero-order chi connectivity index (χ0) is 23.9. The molecule has 6 aromatic carbocycles. The Labute approximate surface area is 209 Å². The fraction of sp³-hybridized carbons (Fsp3) is 0. The molecule has 0 amide bonds. The molecule has 0 aliphatic rings. The highest BCUT2D eigenvalue weighted by Gasteiger charge is 2.08. The number of para-hydroxylation sites is 1. The second-order valence-electron chi connectivity index (χ2n) is 9.12. The molecule has 36 heavy (non-hydrogen) atoms. The van der Waals surface area contributed by atoms with E-state index in [2.05, 4.69) is 115 Å². The van der Waals surface area contributed by atoms with Crippen molar-refractivity contribution in [3.8, 4) is 22.3 Å². The Hall–Kier alpha value is -4.82. The number of anilines is 2. The molecule has 2 nitrogen and oxygen atoms in total. The van der Waals surface area contributed by atoms with Crippen LogP contribution in [0.5, 0.6) is 0 Å². The van der Waals surface area contributed by atoms with Crippen molar-refractivity contribution < 1.29 is 4.42 Å². The summed E-state index contributed by atoms with van der Waals surface area (Å²) in [7, 11) is 0. The van der Waals surface area contributed by atoms with E-state index < -0.39 is 0 Å². The summed E-state index contributed by atoms with van der Waals surface area (Å²) in [5.41, 5.74) is 8.80. The predicted molar refractivity (Wildman–Crippen MR) is 152 cm³/mol. The zero-order valence-electron chi connectivity index (χ0n) is 19.6. The first kappa shape index (κ1) is 20.5. The molecule has 0 unspecified atom stereocenters. The van der Waals surface area contributed by atoms with E-state index in [-0.39, 0.29) is 0 Å². The Morgan fingerprint density at radius 1 is 0.417 bits per heavy atom. The molecule has 0 aliphatic heterocycles. The van der Waals surface area contributed by atoms with Crippen LogP contribution in [0.2, 0.25) is 0 Å². The van der Waals surface area contributed by atoms with Gasteiger partial charge in [-0.25, -0.2) is 0 Å². The summed E-state index contributed by atoms with van der Waals surface area (Å²) in [5, 5.41) is 8.34. The second kappa shape index (κ2) is 8.44. The highest BCUT2D eigenvalue weighted by Crippen LogP contribution is 2.33. The van der Waals surface area contributed by atoms with Crippen molar-refractivity contribution in [3.63, 3.8) is 0 Å². The third kappa shape index (κ3) is 3.60. The Bertz CT molecular complexity index is 1860. The van der Waals surface area contributed by atoms with Gasteiger partial charge in [0.05, 0.1) is 0 Å². The van der Waals surface area contributed by atoms with Gasteiger partial charge in [0.1, 0.15) is 11.2 Å². The summed E-state index contributed by atoms with van der Waals surface area (Å²) in [6.45, 7) is 0. The molecule has 1 N–H and O–H groups in total. The Balaban J connectivity index is 1.18. The molecule has 1 aromatic heterocycles. The van der Waals surface area contributed by atoms with E-state index >= 15 is 0 Å². The first-order chi connectivity index (χ1) is 17.8. The average Bonchev–Trinajstić information content (AvgIpc) is 3.31. The van der Waals surface area contributed by atoms with Crippen molar-refractivity contribution in [2.24, 2.45) is 0 Å². The lowest BCUT2D eigenvalue weighted by Crippen LogP contribution is -1.90. The summed E-state index contributed by atoms with van der Waals surface area (Å²) in [5.74, 6) is 0.